The lowest BCUT2D eigenvalue weighted by Crippen LogP contribution is -2.31. The third-order valence-electron chi connectivity index (χ3n) is 4.13. The van der Waals surface area contributed by atoms with Crippen molar-refractivity contribution in [3.8, 4) is 5.75 Å². The van der Waals surface area contributed by atoms with E-state index >= 15 is 0 Å². The molecule has 1 aliphatic rings. The molecule has 0 bridgehead atoms. The summed E-state index contributed by atoms with van der Waals surface area (Å²) in [5.41, 5.74) is 3.15. The number of rotatable bonds is 4. The molecule has 0 atom stereocenters. The summed E-state index contributed by atoms with van der Waals surface area (Å²) in [7, 11) is 0. The monoisotopic (exact) mass is 300 g/mol. The van der Waals surface area contributed by atoms with E-state index in [1.165, 1.54) is 23.4 Å². The van der Waals surface area contributed by atoms with Gasteiger partial charge in [0.15, 0.2) is 5.75 Å². The maximum Gasteiger partial charge on any atom is 0.223 e. The van der Waals surface area contributed by atoms with Gasteiger partial charge in [0.05, 0.1) is 12.8 Å². The quantitative estimate of drug-likeness (QED) is 0.887. The molecule has 2 heterocycles. The van der Waals surface area contributed by atoms with Gasteiger partial charge in [-0.25, -0.2) is 0 Å². The predicted molar refractivity (Wildman–Crippen MR) is 83.7 cm³/mol. The van der Waals surface area contributed by atoms with Crippen LogP contribution in [-0.4, -0.2) is 32.8 Å². The summed E-state index contributed by atoms with van der Waals surface area (Å²) in [6.45, 7) is 2.76. The molecule has 2 aromatic rings. The zero-order valence-corrected chi connectivity index (χ0v) is 12.4. The molecule has 0 fully saturated rings. The predicted octanol–water partition coefficient (Wildman–Crippen LogP) is 1.10. The maximum absolute atomic E-state index is 11.7. The molecule has 0 amide bonds. The molecule has 116 valence electrons. The van der Waals surface area contributed by atoms with Crippen molar-refractivity contribution in [2.45, 2.75) is 26.1 Å². The fourth-order valence-corrected chi connectivity index (χ4v) is 2.97. The van der Waals surface area contributed by atoms with Gasteiger partial charge in [0.2, 0.25) is 5.43 Å². The number of aromatic nitrogens is 1. The second kappa shape index (κ2) is 6.34. The summed E-state index contributed by atoms with van der Waals surface area (Å²) in [4.78, 5) is 14.0. The fraction of sp³-hybridized carbons (Fsp3) is 0.353. The van der Waals surface area contributed by atoms with Crippen molar-refractivity contribution in [3.63, 3.8) is 0 Å². The third-order valence-corrected chi connectivity index (χ3v) is 4.13. The van der Waals surface area contributed by atoms with Gasteiger partial charge in [-0.1, -0.05) is 24.3 Å². The number of hydrogen-bond acceptors (Lipinski definition) is 4. The Morgan fingerprint density at radius 3 is 2.73 bits per heavy atom. The number of aliphatic hydroxyl groups is 1. The lowest BCUT2D eigenvalue weighted by molar-refractivity contribution is 0.231. The molecule has 0 aliphatic carbocycles. The number of aliphatic hydroxyl groups excluding tert-OH is 1. The van der Waals surface area contributed by atoms with Crippen LogP contribution in [0.15, 0.2) is 41.3 Å². The van der Waals surface area contributed by atoms with Crippen LogP contribution < -0.4 is 5.43 Å². The molecule has 5 heteroatoms. The van der Waals surface area contributed by atoms with Crippen LogP contribution in [0, 0.1) is 0 Å². The second-order valence-corrected chi connectivity index (χ2v) is 5.66. The van der Waals surface area contributed by atoms with E-state index in [0.717, 1.165) is 25.2 Å². The van der Waals surface area contributed by atoms with Crippen molar-refractivity contribution in [1.82, 2.24) is 9.47 Å². The van der Waals surface area contributed by atoms with Crippen molar-refractivity contribution >= 4 is 0 Å². The van der Waals surface area contributed by atoms with E-state index < -0.39 is 0 Å². The Hall–Kier alpha value is -2.11. The first kappa shape index (κ1) is 14.8. The van der Waals surface area contributed by atoms with Crippen molar-refractivity contribution < 1.29 is 10.2 Å². The second-order valence-electron chi connectivity index (χ2n) is 5.66. The lowest BCUT2D eigenvalue weighted by Gasteiger charge is -2.29. The highest BCUT2D eigenvalue weighted by atomic mass is 16.3. The first-order valence-corrected chi connectivity index (χ1v) is 7.49. The number of hydrogen-bond donors (Lipinski definition) is 2. The topological polar surface area (TPSA) is 65.7 Å². The summed E-state index contributed by atoms with van der Waals surface area (Å²) in [6, 6.07) is 9.87. The summed E-state index contributed by atoms with van der Waals surface area (Å²) < 4.78 is 1.75. The van der Waals surface area contributed by atoms with E-state index in [2.05, 4.69) is 23.1 Å². The number of fused-ring (bicyclic) bond motifs is 1. The molecule has 0 radical (unpaired) electrons. The number of pyridine rings is 1. The standard InChI is InChI=1S/C17H20N2O3/c20-8-7-19-12-17(22)16(21)9-15(19)11-18-6-5-13-3-1-2-4-14(13)10-18/h1-4,9,12,20,22H,5-8,10-11H2. The van der Waals surface area contributed by atoms with Gasteiger partial charge in [-0.3, -0.25) is 9.69 Å². The molecule has 5 nitrogen and oxygen atoms in total. The Kier molecular flexibility index (Phi) is 4.27. The molecule has 3 rings (SSSR count). The van der Waals surface area contributed by atoms with Crippen LogP contribution in [0.2, 0.25) is 0 Å². The van der Waals surface area contributed by atoms with E-state index in [9.17, 15) is 9.90 Å². The van der Waals surface area contributed by atoms with Crippen LogP contribution >= 0.6 is 0 Å². The smallest absolute Gasteiger partial charge is 0.223 e. The Balaban J connectivity index is 1.82. The van der Waals surface area contributed by atoms with Gasteiger partial charge >= 0.3 is 0 Å². The minimum Gasteiger partial charge on any atom is -0.503 e. The highest BCUT2D eigenvalue weighted by Gasteiger charge is 2.17. The summed E-state index contributed by atoms with van der Waals surface area (Å²) in [5.74, 6) is -0.277. The van der Waals surface area contributed by atoms with Gasteiger partial charge < -0.3 is 14.8 Å². The normalized spacial score (nSPS) is 14.8. The van der Waals surface area contributed by atoms with Crippen molar-refractivity contribution in [2.75, 3.05) is 13.2 Å². The van der Waals surface area contributed by atoms with Gasteiger partial charge in [0.25, 0.3) is 0 Å². The fourth-order valence-electron chi connectivity index (χ4n) is 2.97. The van der Waals surface area contributed by atoms with E-state index in [4.69, 9.17) is 5.11 Å². The molecule has 0 spiro atoms. The van der Waals surface area contributed by atoms with Crippen molar-refractivity contribution in [1.29, 1.82) is 0 Å². The lowest BCUT2D eigenvalue weighted by atomic mass is 10.00. The van der Waals surface area contributed by atoms with Crippen LogP contribution in [0.1, 0.15) is 16.8 Å². The summed E-state index contributed by atoms with van der Waals surface area (Å²) in [5, 5.41) is 18.7. The highest BCUT2D eigenvalue weighted by molar-refractivity contribution is 5.29. The van der Waals surface area contributed by atoms with Gasteiger partial charge in [0, 0.05) is 37.9 Å². The van der Waals surface area contributed by atoms with Gasteiger partial charge in [0.1, 0.15) is 0 Å². The van der Waals surface area contributed by atoms with Crippen LogP contribution in [0.3, 0.4) is 0 Å². The third kappa shape index (κ3) is 3.05. The van der Waals surface area contributed by atoms with Crippen molar-refractivity contribution in [2.24, 2.45) is 0 Å². The first-order valence-electron chi connectivity index (χ1n) is 7.49. The summed E-state index contributed by atoms with van der Waals surface area (Å²) >= 11 is 0. The van der Waals surface area contributed by atoms with Gasteiger partial charge in [-0.15, -0.1) is 0 Å². The molecule has 22 heavy (non-hydrogen) atoms. The number of benzene rings is 1. The molecule has 1 aromatic heterocycles. The molecule has 0 unspecified atom stereocenters. The van der Waals surface area contributed by atoms with E-state index in [1.54, 1.807) is 4.57 Å². The maximum atomic E-state index is 11.7. The van der Waals surface area contributed by atoms with E-state index in [1.807, 2.05) is 6.07 Å². The van der Waals surface area contributed by atoms with Crippen molar-refractivity contribution in [3.05, 3.63) is 63.6 Å². The molecular weight excluding hydrogens is 280 g/mol. The SMILES string of the molecule is O=c1cc(CN2CCc3ccccc3C2)n(CCO)cc1O. The zero-order valence-electron chi connectivity index (χ0n) is 12.4. The van der Waals surface area contributed by atoms with Crippen LogP contribution in [0.4, 0.5) is 0 Å². The molecular formula is C17H20N2O3. The summed E-state index contributed by atoms with van der Waals surface area (Å²) in [6.07, 6.45) is 2.41. The average molecular weight is 300 g/mol. The molecule has 1 aliphatic heterocycles. The minimum atomic E-state index is -0.374. The molecule has 0 saturated heterocycles. The first-order chi connectivity index (χ1) is 10.7. The Morgan fingerprint density at radius 1 is 1.18 bits per heavy atom. The Labute approximate surface area is 129 Å². The highest BCUT2D eigenvalue weighted by Crippen LogP contribution is 2.20. The van der Waals surface area contributed by atoms with Gasteiger partial charge in [-0.2, -0.15) is 0 Å². The molecule has 1 aromatic carbocycles. The molecule has 2 N–H and O–H groups in total. The zero-order chi connectivity index (χ0) is 15.5. The van der Waals surface area contributed by atoms with E-state index in [-0.39, 0.29) is 17.8 Å². The van der Waals surface area contributed by atoms with Crippen LogP contribution in [-0.2, 0) is 26.1 Å². The number of nitrogens with zero attached hydrogens (tertiary/aromatic N) is 2. The molecule has 0 saturated carbocycles. The van der Waals surface area contributed by atoms with E-state index in [0.29, 0.717) is 13.1 Å². The Morgan fingerprint density at radius 2 is 1.95 bits per heavy atom. The number of aromatic hydroxyl groups is 1. The largest absolute Gasteiger partial charge is 0.503 e. The van der Waals surface area contributed by atoms with Crippen LogP contribution in [0.25, 0.3) is 0 Å². The van der Waals surface area contributed by atoms with Gasteiger partial charge in [-0.05, 0) is 17.5 Å². The average Bonchev–Trinajstić information content (AvgIpc) is 2.52. The Bertz CT molecular complexity index is 724. The minimum absolute atomic E-state index is 0.0296. The van der Waals surface area contributed by atoms with Crippen LogP contribution in [0.5, 0.6) is 5.75 Å².